The van der Waals surface area contributed by atoms with Gasteiger partial charge in [0.15, 0.2) is 0 Å². The molecule has 2 aromatic rings. The quantitative estimate of drug-likeness (QED) is 0.692. The molecule has 0 aromatic heterocycles. The van der Waals surface area contributed by atoms with Crippen molar-refractivity contribution < 1.29 is 0 Å². The Kier molecular flexibility index (Phi) is 3.34. The third-order valence-corrected chi connectivity index (χ3v) is 3.99. The molecule has 0 saturated carbocycles. The molecule has 18 heavy (non-hydrogen) atoms. The molecule has 0 fully saturated rings. The fourth-order valence-electron chi connectivity index (χ4n) is 2.45. The summed E-state index contributed by atoms with van der Waals surface area (Å²) < 4.78 is 0. The molecule has 0 saturated heterocycles. The van der Waals surface area contributed by atoms with Crippen LogP contribution in [0.5, 0.6) is 0 Å². The van der Waals surface area contributed by atoms with Crippen LogP contribution >= 0.6 is 0 Å². The van der Waals surface area contributed by atoms with Gasteiger partial charge in [0.05, 0.1) is 7.85 Å². The van der Waals surface area contributed by atoms with Gasteiger partial charge in [0.25, 0.3) is 0 Å². The number of rotatable bonds is 3. The molecular formula is C17H19B. The minimum atomic E-state index is -0.338. The normalized spacial score (nSPS) is 12.4. The highest BCUT2D eigenvalue weighted by atomic mass is 14.4. The SMILES string of the molecule is [B]C(C)(C)C(C)(c1ccccc1)c1ccccc1. The van der Waals surface area contributed by atoms with Gasteiger partial charge in [-0.15, -0.1) is 0 Å². The van der Waals surface area contributed by atoms with Gasteiger partial charge in [-0.25, -0.2) is 0 Å². The highest BCUT2D eigenvalue weighted by Crippen LogP contribution is 2.49. The largest absolute Gasteiger partial charge is 0.0755 e. The van der Waals surface area contributed by atoms with E-state index in [1.54, 1.807) is 0 Å². The third-order valence-electron chi connectivity index (χ3n) is 3.99. The van der Waals surface area contributed by atoms with Crippen LogP contribution in [0.3, 0.4) is 0 Å². The van der Waals surface area contributed by atoms with Gasteiger partial charge in [-0.05, 0) is 11.1 Å². The van der Waals surface area contributed by atoms with Crippen LogP contribution in [0.15, 0.2) is 60.7 Å². The fraction of sp³-hybridized carbons (Fsp3) is 0.294. The lowest BCUT2D eigenvalue weighted by atomic mass is 9.50. The molecular weight excluding hydrogens is 215 g/mol. The molecule has 0 aliphatic rings. The van der Waals surface area contributed by atoms with Gasteiger partial charge >= 0.3 is 0 Å². The van der Waals surface area contributed by atoms with Gasteiger partial charge < -0.3 is 0 Å². The second-order valence-corrected chi connectivity index (χ2v) is 5.58. The summed E-state index contributed by atoms with van der Waals surface area (Å²) in [5.74, 6) is 0. The summed E-state index contributed by atoms with van der Waals surface area (Å²) in [5, 5.41) is -0.338. The monoisotopic (exact) mass is 234 g/mol. The van der Waals surface area contributed by atoms with Gasteiger partial charge in [0, 0.05) is 5.41 Å². The van der Waals surface area contributed by atoms with E-state index >= 15 is 0 Å². The Balaban J connectivity index is 2.63. The predicted octanol–water partition coefficient (Wildman–Crippen LogP) is 4.36. The van der Waals surface area contributed by atoms with E-state index in [1.807, 2.05) is 12.1 Å². The van der Waals surface area contributed by atoms with Crippen molar-refractivity contribution in [3.8, 4) is 0 Å². The maximum Gasteiger partial charge on any atom is 0.0755 e. The average Bonchev–Trinajstić information content (AvgIpc) is 2.38. The van der Waals surface area contributed by atoms with Crippen molar-refractivity contribution >= 4 is 7.85 Å². The van der Waals surface area contributed by atoms with E-state index in [2.05, 4.69) is 69.3 Å². The first-order chi connectivity index (χ1) is 8.46. The zero-order valence-electron chi connectivity index (χ0n) is 11.4. The molecule has 2 aromatic carbocycles. The van der Waals surface area contributed by atoms with Crippen LogP contribution in [0, 0.1) is 0 Å². The minimum absolute atomic E-state index is 0.199. The summed E-state index contributed by atoms with van der Waals surface area (Å²) in [4.78, 5) is 0. The second-order valence-electron chi connectivity index (χ2n) is 5.58. The van der Waals surface area contributed by atoms with Crippen molar-refractivity contribution in [1.82, 2.24) is 0 Å². The van der Waals surface area contributed by atoms with Crippen molar-refractivity contribution in [2.24, 2.45) is 0 Å². The Hall–Kier alpha value is -1.50. The van der Waals surface area contributed by atoms with E-state index in [-0.39, 0.29) is 10.7 Å². The van der Waals surface area contributed by atoms with E-state index in [9.17, 15) is 0 Å². The fourth-order valence-corrected chi connectivity index (χ4v) is 2.45. The Morgan fingerprint density at radius 3 is 1.28 bits per heavy atom. The number of hydrogen-bond donors (Lipinski definition) is 0. The average molecular weight is 234 g/mol. The van der Waals surface area contributed by atoms with Crippen LogP contribution in [-0.2, 0) is 5.41 Å². The summed E-state index contributed by atoms with van der Waals surface area (Å²) in [5.41, 5.74) is 2.31. The second kappa shape index (κ2) is 4.64. The molecule has 2 rings (SSSR count). The molecule has 0 aliphatic carbocycles. The van der Waals surface area contributed by atoms with Crippen LogP contribution in [0.4, 0.5) is 0 Å². The van der Waals surface area contributed by atoms with E-state index in [0.717, 1.165) is 0 Å². The first-order valence-electron chi connectivity index (χ1n) is 6.36. The first-order valence-corrected chi connectivity index (χ1v) is 6.36. The third kappa shape index (κ3) is 2.10. The summed E-state index contributed by atoms with van der Waals surface area (Å²) >= 11 is 0. The van der Waals surface area contributed by atoms with Crippen LogP contribution in [-0.4, -0.2) is 7.85 Å². The zero-order chi connectivity index (χ0) is 13.2. The van der Waals surface area contributed by atoms with Crippen LogP contribution < -0.4 is 0 Å². The van der Waals surface area contributed by atoms with Crippen molar-refractivity contribution in [3.05, 3.63) is 71.8 Å². The van der Waals surface area contributed by atoms with Gasteiger partial charge in [-0.1, -0.05) is 86.7 Å². The zero-order valence-corrected chi connectivity index (χ0v) is 11.4. The highest BCUT2D eigenvalue weighted by Gasteiger charge is 2.39. The Morgan fingerprint density at radius 2 is 1.00 bits per heavy atom. The summed E-state index contributed by atoms with van der Waals surface area (Å²) in [6, 6.07) is 21.0. The van der Waals surface area contributed by atoms with E-state index in [0.29, 0.717) is 0 Å². The first kappa shape index (κ1) is 12.9. The lowest BCUT2D eigenvalue weighted by Gasteiger charge is -2.44. The topological polar surface area (TPSA) is 0 Å². The molecule has 90 valence electrons. The summed E-state index contributed by atoms with van der Waals surface area (Å²) in [6.07, 6.45) is 0. The standard InChI is InChI=1S/C17H19B/c1-16(2,18)17(3,14-10-6-4-7-11-14)15-12-8-5-9-13-15/h4-13H,1-3H3. The van der Waals surface area contributed by atoms with Gasteiger partial charge in [-0.3, -0.25) is 0 Å². The highest BCUT2D eigenvalue weighted by molar-refractivity contribution is 6.16. The Labute approximate surface area is 111 Å². The van der Waals surface area contributed by atoms with Crippen molar-refractivity contribution in [2.75, 3.05) is 0 Å². The van der Waals surface area contributed by atoms with Crippen molar-refractivity contribution in [1.29, 1.82) is 0 Å². The molecule has 0 N–H and O–H groups in total. The molecule has 0 unspecified atom stereocenters. The van der Waals surface area contributed by atoms with Gasteiger partial charge in [-0.2, -0.15) is 0 Å². The molecule has 0 amide bonds. The summed E-state index contributed by atoms with van der Waals surface area (Å²) in [6.45, 7) is 6.40. The van der Waals surface area contributed by atoms with E-state index in [4.69, 9.17) is 7.85 Å². The Morgan fingerprint density at radius 1 is 0.667 bits per heavy atom. The molecule has 0 bridgehead atoms. The molecule has 0 spiro atoms. The van der Waals surface area contributed by atoms with Gasteiger partial charge in [0.2, 0.25) is 0 Å². The van der Waals surface area contributed by atoms with E-state index in [1.165, 1.54) is 11.1 Å². The van der Waals surface area contributed by atoms with Gasteiger partial charge in [0.1, 0.15) is 0 Å². The van der Waals surface area contributed by atoms with Crippen LogP contribution in [0.25, 0.3) is 0 Å². The molecule has 0 nitrogen and oxygen atoms in total. The lowest BCUT2D eigenvalue weighted by Crippen LogP contribution is -2.35. The molecule has 0 heterocycles. The van der Waals surface area contributed by atoms with Crippen molar-refractivity contribution in [2.45, 2.75) is 31.5 Å². The predicted molar refractivity (Wildman–Crippen MR) is 79.1 cm³/mol. The molecule has 0 aliphatic heterocycles. The minimum Gasteiger partial charge on any atom is -0.0667 e. The maximum absolute atomic E-state index is 6.48. The molecule has 2 radical (unpaired) electrons. The molecule has 1 heteroatoms. The number of benzene rings is 2. The molecule has 0 atom stereocenters. The number of hydrogen-bond acceptors (Lipinski definition) is 0. The Bertz CT molecular complexity index is 455. The summed E-state index contributed by atoms with van der Waals surface area (Å²) in [7, 11) is 6.48. The lowest BCUT2D eigenvalue weighted by molar-refractivity contribution is 0.427. The van der Waals surface area contributed by atoms with Crippen molar-refractivity contribution in [3.63, 3.8) is 0 Å². The van der Waals surface area contributed by atoms with Crippen LogP contribution in [0.2, 0.25) is 5.31 Å². The van der Waals surface area contributed by atoms with Crippen LogP contribution in [0.1, 0.15) is 31.9 Å². The smallest absolute Gasteiger partial charge is 0.0667 e. The maximum atomic E-state index is 6.48. The van der Waals surface area contributed by atoms with E-state index < -0.39 is 0 Å².